The maximum absolute atomic E-state index is 13.1. The van der Waals surface area contributed by atoms with Gasteiger partial charge in [-0.1, -0.05) is 17.3 Å². The maximum Gasteiger partial charge on any atom is 0.277 e. The van der Waals surface area contributed by atoms with E-state index in [0.29, 0.717) is 28.7 Å². The molecule has 0 saturated carbocycles. The van der Waals surface area contributed by atoms with Crippen molar-refractivity contribution >= 4 is 5.52 Å². The fourth-order valence-corrected chi connectivity index (χ4v) is 3.81. The minimum absolute atomic E-state index is 0.150. The molecule has 3 aromatic heterocycles. The lowest BCUT2D eigenvalue weighted by Crippen LogP contribution is -2.21. The summed E-state index contributed by atoms with van der Waals surface area (Å²) in [4.78, 5) is 17.5. The molecule has 0 radical (unpaired) electrons. The summed E-state index contributed by atoms with van der Waals surface area (Å²) in [6, 6.07) is 13.4. The highest BCUT2D eigenvalue weighted by Gasteiger charge is 2.17. The summed E-state index contributed by atoms with van der Waals surface area (Å²) in [6.45, 7) is 4.47. The highest BCUT2D eigenvalue weighted by molar-refractivity contribution is 5.66. The molecule has 1 aliphatic heterocycles. The topological polar surface area (TPSA) is 96.7 Å². The van der Waals surface area contributed by atoms with Gasteiger partial charge in [-0.3, -0.25) is 4.79 Å². The fourth-order valence-electron chi connectivity index (χ4n) is 3.81. The molecule has 0 unspecified atom stereocenters. The van der Waals surface area contributed by atoms with Crippen LogP contribution in [0.5, 0.6) is 11.5 Å². The van der Waals surface area contributed by atoms with Crippen LogP contribution in [0.1, 0.15) is 17.0 Å². The molecule has 0 bridgehead atoms. The Bertz CT molecular complexity index is 1580. The number of benzene rings is 2. The molecule has 6 rings (SSSR count). The highest BCUT2D eigenvalue weighted by atomic mass is 16.7. The Morgan fingerprint density at radius 3 is 2.67 bits per heavy atom. The largest absolute Gasteiger partial charge is 0.454 e. The second-order valence-corrected chi connectivity index (χ2v) is 7.97. The minimum Gasteiger partial charge on any atom is -0.454 e. The van der Waals surface area contributed by atoms with Crippen LogP contribution in [-0.4, -0.2) is 31.1 Å². The van der Waals surface area contributed by atoms with Gasteiger partial charge in [-0.05, 0) is 55.3 Å². The van der Waals surface area contributed by atoms with E-state index in [4.69, 9.17) is 14.0 Å². The number of hydrogen-bond acceptors (Lipinski definition) is 7. The van der Waals surface area contributed by atoms with Crippen LogP contribution in [-0.2, 0) is 6.54 Å². The van der Waals surface area contributed by atoms with Crippen LogP contribution in [0, 0.1) is 13.8 Å². The smallest absolute Gasteiger partial charge is 0.277 e. The summed E-state index contributed by atoms with van der Waals surface area (Å²) in [5.41, 5.74) is 5.13. The predicted octanol–water partition coefficient (Wildman–Crippen LogP) is 3.61. The van der Waals surface area contributed by atoms with Crippen LogP contribution in [0.2, 0.25) is 0 Å². The van der Waals surface area contributed by atoms with E-state index in [0.717, 1.165) is 16.8 Å². The van der Waals surface area contributed by atoms with Crippen molar-refractivity contribution in [3.8, 4) is 34.1 Å². The normalized spacial score (nSPS) is 12.5. The number of ether oxygens (including phenoxy) is 2. The second kappa shape index (κ2) is 7.33. The number of fused-ring (bicyclic) bond motifs is 2. The Balaban J connectivity index is 1.30. The molecule has 2 aromatic carbocycles. The molecule has 0 fully saturated rings. The van der Waals surface area contributed by atoms with E-state index in [9.17, 15) is 4.79 Å². The van der Waals surface area contributed by atoms with E-state index in [1.54, 1.807) is 35.1 Å². The molecular weight excluding hydrogens is 422 g/mol. The third-order valence-electron chi connectivity index (χ3n) is 5.81. The van der Waals surface area contributed by atoms with Gasteiger partial charge in [-0.15, -0.1) is 0 Å². The molecule has 164 valence electrons. The summed E-state index contributed by atoms with van der Waals surface area (Å²) >= 11 is 0. The summed E-state index contributed by atoms with van der Waals surface area (Å²) < 4.78 is 19.2. The first-order valence-corrected chi connectivity index (χ1v) is 10.4. The first-order valence-electron chi connectivity index (χ1n) is 10.4. The average molecular weight is 441 g/mol. The average Bonchev–Trinajstić information content (AvgIpc) is 3.56. The zero-order valence-corrected chi connectivity index (χ0v) is 18.0. The third kappa shape index (κ3) is 3.34. The molecule has 9 heteroatoms. The Kier molecular flexibility index (Phi) is 4.29. The van der Waals surface area contributed by atoms with E-state index >= 15 is 0 Å². The third-order valence-corrected chi connectivity index (χ3v) is 5.81. The van der Waals surface area contributed by atoms with Crippen molar-refractivity contribution in [1.29, 1.82) is 0 Å². The molecule has 5 aromatic rings. The lowest BCUT2D eigenvalue weighted by molar-refractivity contribution is 0.174. The van der Waals surface area contributed by atoms with Gasteiger partial charge in [0.1, 0.15) is 12.1 Å². The SMILES string of the molecule is Cc1ccc(-c2cc3c(=O)n(Cc4nc(-c5ccc6c(c5)OCO6)no4)ccn3n2)cc1C. The molecule has 0 spiro atoms. The predicted molar refractivity (Wildman–Crippen MR) is 119 cm³/mol. The number of nitrogens with zero attached hydrogens (tertiary/aromatic N) is 5. The number of aromatic nitrogens is 5. The van der Waals surface area contributed by atoms with E-state index in [1.807, 2.05) is 12.1 Å². The Morgan fingerprint density at radius 2 is 1.79 bits per heavy atom. The molecule has 33 heavy (non-hydrogen) atoms. The standard InChI is InChI=1S/C24H19N5O4/c1-14-3-4-16(9-15(14)2)18-11-19-24(30)28(7-8-29(19)26-18)12-22-25-23(27-33-22)17-5-6-20-21(10-17)32-13-31-20/h3-11H,12-13H2,1-2H3. The molecule has 0 aliphatic carbocycles. The molecule has 4 heterocycles. The maximum atomic E-state index is 13.1. The van der Waals surface area contributed by atoms with Crippen LogP contribution in [0.4, 0.5) is 0 Å². The monoisotopic (exact) mass is 441 g/mol. The van der Waals surface area contributed by atoms with Gasteiger partial charge in [0.15, 0.2) is 11.5 Å². The molecule has 0 saturated heterocycles. The van der Waals surface area contributed by atoms with Crippen LogP contribution in [0.3, 0.4) is 0 Å². The van der Waals surface area contributed by atoms with Gasteiger partial charge >= 0.3 is 0 Å². The Labute approximate surface area is 187 Å². The quantitative estimate of drug-likeness (QED) is 0.420. The van der Waals surface area contributed by atoms with Crippen LogP contribution < -0.4 is 15.0 Å². The van der Waals surface area contributed by atoms with Crippen LogP contribution >= 0.6 is 0 Å². The van der Waals surface area contributed by atoms with Crippen molar-refractivity contribution in [2.45, 2.75) is 20.4 Å². The van der Waals surface area contributed by atoms with E-state index < -0.39 is 0 Å². The highest BCUT2D eigenvalue weighted by Crippen LogP contribution is 2.35. The summed E-state index contributed by atoms with van der Waals surface area (Å²) in [6.07, 6.45) is 3.41. The zero-order chi connectivity index (χ0) is 22.5. The first-order chi connectivity index (χ1) is 16.0. The minimum atomic E-state index is -0.192. The summed E-state index contributed by atoms with van der Waals surface area (Å²) in [5.74, 6) is 2.06. The van der Waals surface area contributed by atoms with Crippen molar-refractivity contribution in [2.75, 3.05) is 6.79 Å². The van der Waals surface area contributed by atoms with Gasteiger partial charge in [0, 0.05) is 23.5 Å². The van der Waals surface area contributed by atoms with Gasteiger partial charge in [0.05, 0.1) is 5.69 Å². The van der Waals surface area contributed by atoms with Gasteiger partial charge in [-0.25, -0.2) is 4.52 Å². The molecule has 0 N–H and O–H groups in total. The molecule has 0 amide bonds. The summed E-state index contributed by atoms with van der Waals surface area (Å²) in [7, 11) is 0. The Morgan fingerprint density at radius 1 is 0.939 bits per heavy atom. The van der Waals surface area contributed by atoms with E-state index in [-0.39, 0.29) is 18.9 Å². The molecule has 1 aliphatic rings. The number of rotatable bonds is 4. The number of aryl methyl sites for hydroxylation is 2. The number of hydrogen-bond donors (Lipinski definition) is 0. The van der Waals surface area contributed by atoms with Crippen molar-refractivity contribution < 1.29 is 14.0 Å². The van der Waals surface area contributed by atoms with Crippen molar-refractivity contribution in [3.05, 3.63) is 82.2 Å². The lowest BCUT2D eigenvalue weighted by atomic mass is 10.0. The molecule has 0 atom stereocenters. The van der Waals surface area contributed by atoms with Gasteiger partial charge in [0.25, 0.3) is 5.56 Å². The van der Waals surface area contributed by atoms with Crippen LogP contribution in [0.15, 0.2) is 64.2 Å². The van der Waals surface area contributed by atoms with E-state index in [2.05, 4.69) is 41.2 Å². The second-order valence-electron chi connectivity index (χ2n) is 7.97. The fraction of sp³-hybridized carbons (Fsp3) is 0.167. The van der Waals surface area contributed by atoms with Crippen molar-refractivity contribution in [3.63, 3.8) is 0 Å². The van der Waals surface area contributed by atoms with Crippen molar-refractivity contribution in [2.24, 2.45) is 0 Å². The molecular formula is C24H19N5O4. The van der Waals surface area contributed by atoms with Gasteiger partial charge < -0.3 is 18.6 Å². The summed E-state index contributed by atoms with van der Waals surface area (Å²) in [5, 5.41) is 8.61. The van der Waals surface area contributed by atoms with Crippen molar-refractivity contribution in [1.82, 2.24) is 24.3 Å². The van der Waals surface area contributed by atoms with Gasteiger partial charge in [0.2, 0.25) is 18.5 Å². The van der Waals surface area contributed by atoms with Gasteiger partial charge in [-0.2, -0.15) is 10.1 Å². The Hall–Kier alpha value is -4.40. The van der Waals surface area contributed by atoms with E-state index in [1.165, 1.54) is 15.7 Å². The van der Waals surface area contributed by atoms with Crippen LogP contribution in [0.25, 0.3) is 28.2 Å². The lowest BCUT2D eigenvalue weighted by Gasteiger charge is -2.02. The first kappa shape index (κ1) is 19.3. The molecule has 9 nitrogen and oxygen atoms in total. The zero-order valence-electron chi connectivity index (χ0n) is 18.0.